The maximum atomic E-state index is 8.94. The molecule has 5 heteroatoms. The van der Waals surface area contributed by atoms with Crippen LogP contribution in [0.4, 0.5) is 0 Å². The summed E-state index contributed by atoms with van der Waals surface area (Å²) in [5.74, 6) is 0.107. The van der Waals surface area contributed by atoms with Crippen LogP contribution in [0.3, 0.4) is 0 Å². The molecule has 102 valence electrons. The third kappa shape index (κ3) is 2.47. The fourth-order valence-electron chi connectivity index (χ4n) is 3.10. The fourth-order valence-corrected chi connectivity index (χ4v) is 3.47. The van der Waals surface area contributed by atoms with Gasteiger partial charge in [-0.25, -0.2) is 0 Å². The number of nitrogens with zero attached hydrogens (tertiary/aromatic N) is 2. The van der Waals surface area contributed by atoms with Crippen LogP contribution in [0.15, 0.2) is 29.7 Å². The van der Waals surface area contributed by atoms with Gasteiger partial charge < -0.3 is 10.5 Å². The van der Waals surface area contributed by atoms with Gasteiger partial charge in [-0.3, -0.25) is 4.98 Å². The summed E-state index contributed by atoms with van der Waals surface area (Å²) >= 11 is 5.58. The van der Waals surface area contributed by atoms with E-state index in [-0.39, 0.29) is 11.3 Å². The van der Waals surface area contributed by atoms with E-state index in [1.807, 2.05) is 19.3 Å². The van der Waals surface area contributed by atoms with Gasteiger partial charge in [0.05, 0.1) is 10.4 Å². The van der Waals surface area contributed by atoms with Gasteiger partial charge in [0.25, 0.3) is 0 Å². The highest BCUT2D eigenvalue weighted by Crippen LogP contribution is 2.43. The number of hydrogen-bond acceptors (Lipinski definition) is 4. The minimum Gasteiger partial charge on any atom is -0.411 e. The molecule has 4 nitrogen and oxygen atoms in total. The molecule has 2 N–H and O–H groups in total. The Morgan fingerprint density at radius 1 is 1.63 bits per heavy atom. The highest BCUT2D eigenvalue weighted by molar-refractivity contribution is 7.80. The fraction of sp³-hybridized carbons (Fsp3) is 0.500. The van der Waals surface area contributed by atoms with Crippen molar-refractivity contribution >= 4 is 23.4 Å². The molecule has 0 saturated heterocycles. The number of rotatable bonds is 3. The molecule has 19 heavy (non-hydrogen) atoms. The predicted octanol–water partition coefficient (Wildman–Crippen LogP) is 2.52. The second kappa shape index (κ2) is 6.10. The van der Waals surface area contributed by atoms with E-state index in [1.165, 1.54) is 0 Å². The van der Waals surface area contributed by atoms with Crippen molar-refractivity contribution in [2.45, 2.75) is 31.1 Å². The number of oxime groups is 1. The highest BCUT2D eigenvalue weighted by atomic mass is 32.1. The van der Waals surface area contributed by atoms with Crippen molar-refractivity contribution in [1.29, 1.82) is 0 Å². The number of nitrogens with one attached hydrogen (secondary N) is 1. The molecule has 2 unspecified atom stereocenters. The number of hydrogen-bond donors (Lipinski definition) is 2. The molecule has 1 aromatic rings. The molecule has 0 radical (unpaired) electrons. The summed E-state index contributed by atoms with van der Waals surface area (Å²) in [5, 5.41) is 15.3. The van der Waals surface area contributed by atoms with Crippen LogP contribution in [0.25, 0.3) is 0 Å². The molecule has 2 atom stereocenters. The van der Waals surface area contributed by atoms with E-state index < -0.39 is 0 Å². The zero-order valence-electron chi connectivity index (χ0n) is 11.0. The van der Waals surface area contributed by atoms with Gasteiger partial charge in [-0.15, -0.1) is 5.16 Å². The van der Waals surface area contributed by atoms with Crippen molar-refractivity contribution in [2.24, 2.45) is 11.1 Å². The van der Waals surface area contributed by atoms with Gasteiger partial charge in [-0.2, -0.15) is 0 Å². The zero-order valence-corrected chi connectivity index (χ0v) is 11.9. The lowest BCUT2D eigenvalue weighted by atomic mass is 9.63. The van der Waals surface area contributed by atoms with Gasteiger partial charge in [0.2, 0.25) is 0 Å². The first-order valence-corrected chi connectivity index (χ1v) is 6.96. The third-order valence-electron chi connectivity index (χ3n) is 4.02. The lowest BCUT2D eigenvalue weighted by Gasteiger charge is -2.43. The van der Waals surface area contributed by atoms with E-state index >= 15 is 0 Å². The van der Waals surface area contributed by atoms with E-state index in [2.05, 4.69) is 21.5 Å². The standard InChI is InChI=1S/C14H19N3OS/c1-15-13(19)14(11-6-4-8-16-9-11)7-3-2-5-12(14)10-17-18/h4,6,8-10,12,18H,2-3,5,7H2,1H3,(H,15,19)/b17-10-. The molecule has 0 bridgehead atoms. The van der Waals surface area contributed by atoms with Gasteiger partial charge in [0.1, 0.15) is 0 Å². The Morgan fingerprint density at radius 2 is 2.47 bits per heavy atom. The molecule has 1 saturated carbocycles. The van der Waals surface area contributed by atoms with Gasteiger partial charge in [-0.1, -0.05) is 31.1 Å². The summed E-state index contributed by atoms with van der Waals surface area (Å²) in [5.41, 5.74) is 0.793. The summed E-state index contributed by atoms with van der Waals surface area (Å²) in [6.07, 6.45) is 9.42. The van der Waals surface area contributed by atoms with Crippen molar-refractivity contribution in [2.75, 3.05) is 7.05 Å². The van der Waals surface area contributed by atoms with Crippen molar-refractivity contribution in [3.8, 4) is 0 Å². The molecular formula is C14H19N3OS. The van der Waals surface area contributed by atoms with E-state index in [0.717, 1.165) is 36.2 Å². The van der Waals surface area contributed by atoms with E-state index in [4.69, 9.17) is 17.4 Å². The van der Waals surface area contributed by atoms with Crippen molar-refractivity contribution in [3.05, 3.63) is 30.1 Å². The summed E-state index contributed by atoms with van der Waals surface area (Å²) in [6, 6.07) is 3.98. The maximum absolute atomic E-state index is 8.94. The molecule has 0 spiro atoms. The first-order valence-electron chi connectivity index (χ1n) is 6.56. The average Bonchev–Trinajstić information content (AvgIpc) is 2.48. The molecule has 0 aromatic carbocycles. The second-order valence-electron chi connectivity index (χ2n) is 4.91. The van der Waals surface area contributed by atoms with Crippen LogP contribution >= 0.6 is 12.2 Å². The van der Waals surface area contributed by atoms with Crippen molar-refractivity contribution < 1.29 is 5.21 Å². The van der Waals surface area contributed by atoms with Crippen molar-refractivity contribution in [3.63, 3.8) is 0 Å². The molecule has 1 heterocycles. The van der Waals surface area contributed by atoms with Crippen LogP contribution in [-0.2, 0) is 5.41 Å². The van der Waals surface area contributed by atoms with Gasteiger partial charge in [0, 0.05) is 31.6 Å². The Kier molecular flexibility index (Phi) is 4.47. The van der Waals surface area contributed by atoms with E-state index in [1.54, 1.807) is 12.4 Å². The van der Waals surface area contributed by atoms with Crippen LogP contribution in [0.1, 0.15) is 31.2 Å². The number of likely N-dealkylation sites (N-methyl/N-ethyl adjacent to an activating group) is 1. The Morgan fingerprint density at radius 3 is 3.11 bits per heavy atom. The minimum absolute atomic E-state index is 0.107. The highest BCUT2D eigenvalue weighted by Gasteiger charge is 2.45. The third-order valence-corrected chi connectivity index (χ3v) is 4.59. The van der Waals surface area contributed by atoms with Crippen LogP contribution in [0.5, 0.6) is 0 Å². The Labute approximate surface area is 118 Å². The number of aromatic nitrogens is 1. The quantitative estimate of drug-likeness (QED) is 0.386. The lowest BCUT2D eigenvalue weighted by molar-refractivity contribution is 0.292. The molecule has 0 amide bonds. The van der Waals surface area contributed by atoms with Gasteiger partial charge >= 0.3 is 0 Å². The topological polar surface area (TPSA) is 57.5 Å². The number of pyridine rings is 1. The minimum atomic E-state index is -0.303. The smallest absolute Gasteiger partial charge is 0.0865 e. The van der Waals surface area contributed by atoms with Crippen LogP contribution < -0.4 is 5.32 Å². The Hall–Kier alpha value is -1.49. The molecule has 2 rings (SSSR count). The summed E-state index contributed by atoms with van der Waals surface area (Å²) in [7, 11) is 1.85. The molecule has 1 fully saturated rings. The summed E-state index contributed by atoms with van der Waals surface area (Å²) in [4.78, 5) is 5.02. The molecule has 0 aliphatic heterocycles. The SMILES string of the molecule is CNC(=S)C1(c2cccnc2)CCCCC1/C=N\O. The first kappa shape index (κ1) is 13.9. The Balaban J connectivity index is 2.52. The van der Waals surface area contributed by atoms with Gasteiger partial charge in [0.15, 0.2) is 0 Å². The maximum Gasteiger partial charge on any atom is 0.0865 e. The van der Waals surface area contributed by atoms with E-state index in [0.29, 0.717) is 0 Å². The van der Waals surface area contributed by atoms with Crippen LogP contribution in [-0.4, -0.2) is 28.4 Å². The first-order chi connectivity index (χ1) is 9.25. The molecule has 1 aliphatic carbocycles. The number of thiocarbonyl (C=S) groups is 1. The van der Waals surface area contributed by atoms with Crippen molar-refractivity contribution in [1.82, 2.24) is 10.3 Å². The zero-order chi connectivity index (χ0) is 13.7. The second-order valence-corrected chi connectivity index (χ2v) is 5.32. The lowest BCUT2D eigenvalue weighted by Crippen LogP contribution is -2.49. The predicted molar refractivity (Wildman–Crippen MR) is 79.8 cm³/mol. The molecular weight excluding hydrogens is 258 g/mol. The monoisotopic (exact) mass is 277 g/mol. The molecule has 1 aromatic heterocycles. The van der Waals surface area contributed by atoms with Crippen LogP contribution in [0.2, 0.25) is 0 Å². The Bertz CT molecular complexity index is 463. The van der Waals surface area contributed by atoms with Gasteiger partial charge in [-0.05, 0) is 24.5 Å². The normalized spacial score (nSPS) is 27.3. The average molecular weight is 277 g/mol. The van der Waals surface area contributed by atoms with E-state index in [9.17, 15) is 0 Å². The summed E-state index contributed by atoms with van der Waals surface area (Å²) < 4.78 is 0. The largest absolute Gasteiger partial charge is 0.411 e. The summed E-state index contributed by atoms with van der Waals surface area (Å²) in [6.45, 7) is 0. The van der Waals surface area contributed by atoms with Crippen LogP contribution in [0, 0.1) is 5.92 Å². The molecule has 1 aliphatic rings.